The molecule has 6 heteroatoms. The third-order valence-corrected chi connectivity index (χ3v) is 3.63. The zero-order valence-electron chi connectivity index (χ0n) is 16.5. The number of carbonyl (C=O) groups is 1. The Morgan fingerprint density at radius 3 is 2.46 bits per heavy atom. The molecule has 24 heavy (non-hydrogen) atoms. The Kier molecular flexibility index (Phi) is 13.3. The van der Waals surface area contributed by atoms with Crippen molar-refractivity contribution in [3.8, 4) is 0 Å². The van der Waals surface area contributed by atoms with Crippen molar-refractivity contribution in [3.05, 3.63) is 0 Å². The molecule has 0 aliphatic heterocycles. The van der Waals surface area contributed by atoms with E-state index in [9.17, 15) is 4.79 Å². The minimum atomic E-state index is -0.00197. The van der Waals surface area contributed by atoms with Gasteiger partial charge in [-0.25, -0.2) is 4.99 Å². The molecule has 1 amide bonds. The van der Waals surface area contributed by atoms with Gasteiger partial charge < -0.3 is 20.3 Å². The van der Waals surface area contributed by atoms with Gasteiger partial charge in [-0.1, -0.05) is 26.7 Å². The van der Waals surface area contributed by atoms with E-state index in [0.29, 0.717) is 12.0 Å². The van der Waals surface area contributed by atoms with Crippen molar-refractivity contribution in [1.29, 1.82) is 0 Å². The Labute approximate surface area is 148 Å². The van der Waals surface area contributed by atoms with Gasteiger partial charge in [0, 0.05) is 39.9 Å². The third kappa shape index (κ3) is 13.2. The van der Waals surface area contributed by atoms with E-state index in [2.05, 4.69) is 36.4 Å². The lowest BCUT2D eigenvalue weighted by atomic mass is 10.0. The number of carbonyl (C=O) groups excluding carboxylic acids is 1. The molecule has 0 aromatic carbocycles. The Balaban J connectivity index is 4.38. The maximum absolute atomic E-state index is 11.7. The summed E-state index contributed by atoms with van der Waals surface area (Å²) >= 11 is 0. The molecule has 0 aliphatic carbocycles. The fourth-order valence-electron chi connectivity index (χ4n) is 2.10. The summed E-state index contributed by atoms with van der Waals surface area (Å²) in [6, 6.07) is 0.330. The fourth-order valence-corrected chi connectivity index (χ4v) is 2.10. The molecule has 0 radical (unpaired) electrons. The van der Waals surface area contributed by atoms with Gasteiger partial charge in [-0.05, 0) is 32.6 Å². The monoisotopic (exact) mass is 342 g/mol. The molecular formula is C18H38N4O2. The van der Waals surface area contributed by atoms with Crippen LogP contribution in [-0.2, 0) is 9.53 Å². The van der Waals surface area contributed by atoms with Crippen molar-refractivity contribution in [2.75, 3.05) is 40.4 Å². The molecule has 0 saturated heterocycles. The van der Waals surface area contributed by atoms with Gasteiger partial charge in [-0.15, -0.1) is 0 Å². The van der Waals surface area contributed by atoms with Crippen LogP contribution in [0.25, 0.3) is 0 Å². The predicted molar refractivity (Wildman–Crippen MR) is 101 cm³/mol. The summed E-state index contributed by atoms with van der Waals surface area (Å²) in [5, 5.41) is 6.69. The maximum Gasteiger partial charge on any atom is 0.243 e. The Hall–Kier alpha value is -1.30. The number of rotatable bonds is 12. The topological polar surface area (TPSA) is 66.0 Å². The zero-order chi connectivity index (χ0) is 18.4. The van der Waals surface area contributed by atoms with Crippen molar-refractivity contribution >= 4 is 11.9 Å². The molecule has 0 saturated carbocycles. The number of amides is 1. The Morgan fingerprint density at radius 2 is 1.88 bits per heavy atom. The molecule has 0 spiro atoms. The Bertz CT molecular complexity index is 357. The summed E-state index contributed by atoms with van der Waals surface area (Å²) in [4.78, 5) is 17.7. The van der Waals surface area contributed by atoms with Crippen LogP contribution in [0.1, 0.15) is 53.4 Å². The summed E-state index contributed by atoms with van der Waals surface area (Å²) < 4.78 is 5.34. The smallest absolute Gasteiger partial charge is 0.243 e. The van der Waals surface area contributed by atoms with E-state index in [1.165, 1.54) is 12.8 Å². The van der Waals surface area contributed by atoms with Crippen molar-refractivity contribution < 1.29 is 9.53 Å². The molecule has 0 heterocycles. The number of guanidine groups is 1. The Morgan fingerprint density at radius 1 is 1.17 bits per heavy atom. The first kappa shape index (κ1) is 22.7. The van der Waals surface area contributed by atoms with Gasteiger partial charge >= 0.3 is 0 Å². The first-order valence-corrected chi connectivity index (χ1v) is 9.19. The van der Waals surface area contributed by atoms with Crippen LogP contribution in [0.4, 0.5) is 0 Å². The van der Waals surface area contributed by atoms with E-state index in [0.717, 1.165) is 38.5 Å². The van der Waals surface area contributed by atoms with Crippen molar-refractivity contribution in [1.82, 2.24) is 15.5 Å². The molecule has 1 atom stereocenters. The van der Waals surface area contributed by atoms with E-state index in [1.54, 1.807) is 19.0 Å². The van der Waals surface area contributed by atoms with Crippen LogP contribution < -0.4 is 10.6 Å². The molecule has 0 aromatic rings. The van der Waals surface area contributed by atoms with Gasteiger partial charge in [-0.3, -0.25) is 4.79 Å². The van der Waals surface area contributed by atoms with Crippen LogP contribution in [0.2, 0.25) is 0 Å². The summed E-state index contributed by atoms with van der Waals surface area (Å²) in [5.41, 5.74) is 0. The average Bonchev–Trinajstić information content (AvgIpc) is 2.51. The van der Waals surface area contributed by atoms with Crippen LogP contribution in [-0.4, -0.2) is 63.2 Å². The predicted octanol–water partition coefficient (Wildman–Crippen LogP) is 2.25. The summed E-state index contributed by atoms with van der Waals surface area (Å²) in [6.45, 7) is 11.1. The van der Waals surface area contributed by atoms with Gasteiger partial charge in [0.15, 0.2) is 5.96 Å². The van der Waals surface area contributed by atoms with E-state index in [-0.39, 0.29) is 12.5 Å². The minimum absolute atomic E-state index is 0.00197. The second-order valence-corrected chi connectivity index (χ2v) is 6.80. The highest BCUT2D eigenvalue weighted by atomic mass is 16.5. The van der Waals surface area contributed by atoms with Crippen LogP contribution in [0.5, 0.6) is 0 Å². The molecule has 6 nitrogen and oxygen atoms in total. The van der Waals surface area contributed by atoms with Crippen LogP contribution in [0.3, 0.4) is 0 Å². The molecule has 1 unspecified atom stereocenters. The molecular weight excluding hydrogens is 304 g/mol. The van der Waals surface area contributed by atoms with Gasteiger partial charge in [0.2, 0.25) is 5.91 Å². The van der Waals surface area contributed by atoms with Crippen LogP contribution >= 0.6 is 0 Å². The first-order valence-electron chi connectivity index (χ1n) is 9.19. The third-order valence-electron chi connectivity index (χ3n) is 3.63. The second-order valence-electron chi connectivity index (χ2n) is 6.80. The number of ether oxygens (including phenoxy) is 1. The summed E-state index contributed by atoms with van der Waals surface area (Å²) in [6.07, 6.45) is 4.44. The first-order chi connectivity index (χ1) is 11.4. The van der Waals surface area contributed by atoms with E-state index >= 15 is 0 Å². The molecule has 0 aromatic heterocycles. The van der Waals surface area contributed by atoms with E-state index in [1.807, 2.05) is 6.92 Å². The SMILES string of the molecule is CCOCCCNC(=NCC(=O)N(C)C)NC(C)CCCC(C)C. The van der Waals surface area contributed by atoms with Crippen molar-refractivity contribution in [2.24, 2.45) is 10.9 Å². The highest BCUT2D eigenvalue weighted by molar-refractivity contribution is 5.84. The molecule has 0 aliphatic rings. The number of likely N-dealkylation sites (N-methyl/N-ethyl adjacent to an activating group) is 1. The normalized spacial score (nSPS) is 13.0. The fraction of sp³-hybridized carbons (Fsp3) is 0.889. The summed E-state index contributed by atoms with van der Waals surface area (Å²) in [5.74, 6) is 1.44. The number of nitrogens with zero attached hydrogens (tertiary/aromatic N) is 2. The maximum atomic E-state index is 11.7. The lowest BCUT2D eigenvalue weighted by Crippen LogP contribution is -2.43. The lowest BCUT2D eigenvalue weighted by molar-refractivity contribution is -0.127. The number of nitrogens with one attached hydrogen (secondary N) is 2. The molecule has 0 rings (SSSR count). The molecule has 142 valence electrons. The van der Waals surface area contributed by atoms with Crippen LogP contribution in [0, 0.1) is 5.92 Å². The number of hydrogen-bond donors (Lipinski definition) is 2. The van der Waals surface area contributed by atoms with Gasteiger partial charge in [0.05, 0.1) is 0 Å². The number of aliphatic imine (C=N–C) groups is 1. The zero-order valence-corrected chi connectivity index (χ0v) is 16.5. The molecule has 0 bridgehead atoms. The highest BCUT2D eigenvalue weighted by Crippen LogP contribution is 2.08. The van der Waals surface area contributed by atoms with E-state index < -0.39 is 0 Å². The average molecular weight is 343 g/mol. The highest BCUT2D eigenvalue weighted by Gasteiger charge is 2.08. The number of hydrogen-bond acceptors (Lipinski definition) is 3. The van der Waals surface area contributed by atoms with Gasteiger partial charge in [0.25, 0.3) is 0 Å². The van der Waals surface area contributed by atoms with Crippen molar-refractivity contribution in [2.45, 2.75) is 59.4 Å². The molecule has 0 fully saturated rings. The van der Waals surface area contributed by atoms with Crippen LogP contribution in [0.15, 0.2) is 4.99 Å². The quantitative estimate of drug-likeness (QED) is 0.324. The minimum Gasteiger partial charge on any atom is -0.382 e. The van der Waals surface area contributed by atoms with Crippen molar-refractivity contribution in [3.63, 3.8) is 0 Å². The van der Waals surface area contributed by atoms with E-state index in [4.69, 9.17) is 4.74 Å². The van der Waals surface area contributed by atoms with Gasteiger partial charge in [-0.2, -0.15) is 0 Å². The largest absolute Gasteiger partial charge is 0.382 e. The van der Waals surface area contributed by atoms with Gasteiger partial charge in [0.1, 0.15) is 6.54 Å². The second kappa shape index (κ2) is 14.1. The summed E-state index contributed by atoms with van der Waals surface area (Å²) in [7, 11) is 3.49. The molecule has 2 N–H and O–H groups in total. The standard InChI is InChI=1S/C18H38N4O2/c1-7-24-13-9-12-19-18(20-14-17(23)22(5)6)21-16(4)11-8-10-15(2)3/h15-16H,7-14H2,1-6H3,(H2,19,20,21). The lowest BCUT2D eigenvalue weighted by Gasteiger charge is -2.19.